The molecule has 20 heavy (non-hydrogen) atoms. The Bertz CT molecular complexity index is 665. The van der Waals surface area contributed by atoms with Crippen LogP contribution in [0.1, 0.15) is 40.7 Å². The van der Waals surface area contributed by atoms with Crippen LogP contribution in [0.4, 0.5) is 11.4 Å². The zero-order chi connectivity index (χ0) is 14.3. The van der Waals surface area contributed by atoms with Gasteiger partial charge >= 0.3 is 0 Å². The van der Waals surface area contributed by atoms with Crippen LogP contribution in [0.15, 0.2) is 18.2 Å². The van der Waals surface area contributed by atoms with E-state index in [1.54, 1.807) is 4.90 Å². The van der Waals surface area contributed by atoms with Gasteiger partial charge in [-0.15, -0.1) is 5.10 Å². The first-order chi connectivity index (χ1) is 9.58. The second-order valence-electron chi connectivity index (χ2n) is 5.24. The number of nitrogens with zero attached hydrogens (tertiary/aromatic N) is 3. The van der Waals surface area contributed by atoms with Crippen molar-refractivity contribution in [1.82, 2.24) is 9.59 Å². The highest BCUT2D eigenvalue weighted by atomic mass is 32.1. The molecule has 104 valence electrons. The number of rotatable bonds is 2. The number of amides is 1. The normalized spacial score (nSPS) is 13.8. The van der Waals surface area contributed by atoms with Gasteiger partial charge < -0.3 is 10.6 Å². The molecular weight excluding hydrogens is 272 g/mol. The van der Waals surface area contributed by atoms with E-state index >= 15 is 0 Å². The molecule has 0 bridgehead atoms. The Morgan fingerprint density at radius 3 is 3.00 bits per heavy atom. The molecule has 1 amide bonds. The van der Waals surface area contributed by atoms with E-state index in [2.05, 4.69) is 9.59 Å². The van der Waals surface area contributed by atoms with Gasteiger partial charge in [0.15, 0.2) is 0 Å². The van der Waals surface area contributed by atoms with Crippen molar-refractivity contribution in [1.29, 1.82) is 0 Å². The molecule has 1 aromatic carbocycles. The van der Waals surface area contributed by atoms with Crippen LogP contribution in [0.25, 0.3) is 0 Å². The van der Waals surface area contributed by atoms with Gasteiger partial charge in [0.1, 0.15) is 4.88 Å². The predicted octanol–water partition coefficient (Wildman–Crippen LogP) is 2.45. The Kier molecular flexibility index (Phi) is 3.17. The van der Waals surface area contributed by atoms with Gasteiger partial charge in [-0.3, -0.25) is 4.79 Å². The van der Waals surface area contributed by atoms with Gasteiger partial charge in [0, 0.05) is 17.9 Å². The number of carbonyl (C=O) groups is 1. The third-order valence-electron chi connectivity index (χ3n) is 3.50. The van der Waals surface area contributed by atoms with Crippen molar-refractivity contribution in [2.24, 2.45) is 0 Å². The summed E-state index contributed by atoms with van der Waals surface area (Å²) in [5.41, 5.74) is 9.36. The van der Waals surface area contributed by atoms with Crippen LogP contribution in [-0.4, -0.2) is 22.0 Å². The predicted molar refractivity (Wildman–Crippen MR) is 80.2 cm³/mol. The summed E-state index contributed by atoms with van der Waals surface area (Å²) < 4.78 is 3.93. The average Bonchev–Trinajstić information content (AvgIpc) is 3.04. The first kappa shape index (κ1) is 13.1. The highest BCUT2D eigenvalue weighted by Gasteiger charge is 2.29. The summed E-state index contributed by atoms with van der Waals surface area (Å²) in [7, 11) is 0. The lowest BCUT2D eigenvalue weighted by atomic mass is 10.1. The van der Waals surface area contributed by atoms with Crippen LogP contribution in [0.2, 0.25) is 0 Å². The summed E-state index contributed by atoms with van der Waals surface area (Å²) in [6, 6.07) is 5.73. The molecule has 1 aromatic heterocycles. The molecular formula is C14H16N4OS. The molecule has 0 saturated carbocycles. The number of hydrogen-bond donors (Lipinski definition) is 1. The third kappa shape index (κ3) is 2.06. The van der Waals surface area contributed by atoms with Gasteiger partial charge in [-0.25, -0.2) is 0 Å². The molecule has 0 spiro atoms. The van der Waals surface area contributed by atoms with E-state index in [0.29, 0.717) is 17.1 Å². The Labute approximate surface area is 121 Å². The molecule has 2 heterocycles. The van der Waals surface area contributed by atoms with Gasteiger partial charge in [-0.2, -0.15) is 0 Å². The molecule has 2 aromatic rings. The van der Waals surface area contributed by atoms with E-state index in [0.717, 1.165) is 23.4 Å². The molecule has 0 radical (unpaired) electrons. The van der Waals surface area contributed by atoms with Crippen molar-refractivity contribution in [2.45, 2.75) is 26.2 Å². The number of hydrogen-bond acceptors (Lipinski definition) is 5. The number of fused-ring (bicyclic) bond motifs is 1. The largest absolute Gasteiger partial charge is 0.399 e. The maximum Gasteiger partial charge on any atom is 0.271 e. The van der Waals surface area contributed by atoms with Gasteiger partial charge in [0.25, 0.3) is 5.91 Å². The molecule has 0 saturated heterocycles. The minimum absolute atomic E-state index is 0.0203. The number of benzene rings is 1. The van der Waals surface area contributed by atoms with Crippen molar-refractivity contribution in [3.63, 3.8) is 0 Å². The van der Waals surface area contributed by atoms with E-state index in [9.17, 15) is 4.79 Å². The Morgan fingerprint density at radius 2 is 2.25 bits per heavy atom. The Hall–Kier alpha value is -1.95. The van der Waals surface area contributed by atoms with E-state index in [1.807, 2.05) is 32.0 Å². The van der Waals surface area contributed by atoms with Gasteiger partial charge in [-0.05, 0) is 41.6 Å². The average molecular weight is 288 g/mol. The first-order valence-corrected chi connectivity index (χ1v) is 7.37. The molecule has 1 aliphatic heterocycles. The number of nitrogens with two attached hydrogens (primary N) is 1. The number of aromatic nitrogens is 2. The lowest BCUT2D eigenvalue weighted by Crippen LogP contribution is -2.29. The summed E-state index contributed by atoms with van der Waals surface area (Å²) in [6.07, 6.45) is 0.866. The highest BCUT2D eigenvalue weighted by molar-refractivity contribution is 7.08. The Balaban J connectivity index is 1.98. The molecule has 0 fully saturated rings. The molecule has 0 atom stereocenters. The first-order valence-electron chi connectivity index (χ1n) is 6.60. The number of anilines is 2. The fraction of sp³-hybridized carbons (Fsp3) is 0.357. The fourth-order valence-electron chi connectivity index (χ4n) is 2.45. The topological polar surface area (TPSA) is 72.1 Å². The minimum Gasteiger partial charge on any atom is -0.399 e. The molecule has 1 aliphatic rings. The monoisotopic (exact) mass is 288 g/mol. The number of carbonyl (C=O) groups excluding carboxylic acids is 1. The minimum atomic E-state index is -0.0203. The molecule has 2 N–H and O–H groups in total. The van der Waals surface area contributed by atoms with Crippen molar-refractivity contribution < 1.29 is 4.79 Å². The van der Waals surface area contributed by atoms with Gasteiger partial charge in [-0.1, -0.05) is 24.4 Å². The molecule has 5 nitrogen and oxygen atoms in total. The fourth-order valence-corrected chi connectivity index (χ4v) is 3.22. The molecule has 0 aliphatic carbocycles. The van der Waals surface area contributed by atoms with Crippen molar-refractivity contribution in [2.75, 3.05) is 17.2 Å². The summed E-state index contributed by atoms with van der Waals surface area (Å²) in [5, 5.41) is 4.08. The highest BCUT2D eigenvalue weighted by Crippen LogP contribution is 2.32. The van der Waals surface area contributed by atoms with Crippen molar-refractivity contribution >= 4 is 28.8 Å². The van der Waals surface area contributed by atoms with Crippen LogP contribution in [0.5, 0.6) is 0 Å². The SMILES string of the molecule is CC(C)c1nnsc1C(=O)N1CCc2ccc(N)cc21. The van der Waals surface area contributed by atoms with Crippen LogP contribution in [0.3, 0.4) is 0 Å². The van der Waals surface area contributed by atoms with Gasteiger partial charge in [0.05, 0.1) is 5.69 Å². The zero-order valence-electron chi connectivity index (χ0n) is 11.5. The third-order valence-corrected chi connectivity index (χ3v) is 4.23. The maximum absolute atomic E-state index is 12.7. The second-order valence-corrected chi connectivity index (χ2v) is 5.99. The van der Waals surface area contributed by atoms with Crippen LogP contribution in [-0.2, 0) is 6.42 Å². The van der Waals surface area contributed by atoms with Crippen LogP contribution < -0.4 is 10.6 Å². The summed E-state index contributed by atoms with van der Waals surface area (Å²) in [5.74, 6) is 0.170. The lowest BCUT2D eigenvalue weighted by molar-refractivity contribution is 0.0992. The molecule has 6 heteroatoms. The summed E-state index contributed by atoms with van der Waals surface area (Å²) >= 11 is 1.17. The second kappa shape index (κ2) is 4.86. The summed E-state index contributed by atoms with van der Waals surface area (Å²) in [4.78, 5) is 15.1. The smallest absolute Gasteiger partial charge is 0.271 e. The van der Waals surface area contributed by atoms with Gasteiger partial charge in [0.2, 0.25) is 0 Å². The van der Waals surface area contributed by atoms with E-state index in [-0.39, 0.29) is 11.8 Å². The van der Waals surface area contributed by atoms with Crippen molar-refractivity contribution in [3.8, 4) is 0 Å². The summed E-state index contributed by atoms with van der Waals surface area (Å²) in [6.45, 7) is 4.72. The Morgan fingerprint density at radius 1 is 1.45 bits per heavy atom. The van der Waals surface area contributed by atoms with E-state index in [1.165, 1.54) is 11.5 Å². The van der Waals surface area contributed by atoms with Crippen LogP contribution in [0, 0.1) is 0 Å². The van der Waals surface area contributed by atoms with E-state index in [4.69, 9.17) is 5.73 Å². The van der Waals surface area contributed by atoms with E-state index < -0.39 is 0 Å². The quantitative estimate of drug-likeness (QED) is 0.862. The standard InChI is InChI=1S/C14H16N4OS/c1-8(2)12-13(20-17-16-12)14(19)18-6-5-9-3-4-10(15)7-11(9)18/h3-4,7-8H,5-6,15H2,1-2H3. The van der Waals surface area contributed by atoms with Crippen molar-refractivity contribution in [3.05, 3.63) is 34.3 Å². The zero-order valence-corrected chi connectivity index (χ0v) is 12.3. The lowest BCUT2D eigenvalue weighted by Gasteiger charge is -2.17. The number of nitrogen functional groups attached to an aromatic ring is 1. The molecule has 0 unspecified atom stereocenters. The molecule has 3 rings (SSSR count). The van der Waals surface area contributed by atoms with Crippen LogP contribution >= 0.6 is 11.5 Å². The maximum atomic E-state index is 12.7.